The lowest BCUT2D eigenvalue weighted by atomic mass is 9.73. The van der Waals surface area contributed by atoms with Gasteiger partial charge in [0.1, 0.15) is 5.60 Å². The number of anilines is 2. The molecule has 2 aromatic heterocycles. The second-order valence-corrected chi connectivity index (χ2v) is 17.2. The van der Waals surface area contributed by atoms with E-state index in [-0.39, 0.29) is 18.3 Å². The number of halogens is 1. The van der Waals surface area contributed by atoms with E-state index in [9.17, 15) is 24.3 Å². The van der Waals surface area contributed by atoms with E-state index >= 15 is 0 Å². The van der Waals surface area contributed by atoms with Crippen LogP contribution in [0, 0.1) is 12.3 Å². The maximum absolute atomic E-state index is 13.8. The molecule has 4 heterocycles. The van der Waals surface area contributed by atoms with Gasteiger partial charge in [0.05, 0.1) is 34.1 Å². The van der Waals surface area contributed by atoms with Crippen LogP contribution in [0.1, 0.15) is 103 Å². The molecule has 2 aromatic carbocycles. The molecule has 0 saturated heterocycles. The van der Waals surface area contributed by atoms with Crippen LogP contribution in [0.4, 0.5) is 16.2 Å². The molecule has 0 atom stereocenters. The lowest BCUT2D eigenvalue weighted by Crippen LogP contribution is -2.44. The smallest absolute Gasteiger partial charge is 0.410 e. The van der Waals surface area contributed by atoms with E-state index in [1.807, 2.05) is 76.6 Å². The minimum absolute atomic E-state index is 0.203. The van der Waals surface area contributed by atoms with E-state index < -0.39 is 29.0 Å². The Morgan fingerprint density at radius 3 is 1.98 bits per heavy atom. The van der Waals surface area contributed by atoms with Gasteiger partial charge in [-0.2, -0.15) is 0 Å². The fourth-order valence-corrected chi connectivity index (χ4v) is 8.63. The summed E-state index contributed by atoms with van der Waals surface area (Å²) in [5, 5.41) is 16.0. The van der Waals surface area contributed by atoms with Crippen molar-refractivity contribution in [2.24, 2.45) is 19.5 Å². The largest absolute Gasteiger partial charge is 0.481 e. The SMILES string of the molecule is Cc1c(NC(=O)c2nc3c(n2C)CCN(C2CCC(C)(C(=O)O)CC2)C3)cccc1-c1cccc(NC(=O)c2nc3c(n2C)CCN(C(=O)OC(C)(C)C)C3)c1Cl. The van der Waals surface area contributed by atoms with Gasteiger partial charge in [0.15, 0.2) is 11.6 Å². The number of ether oxygens (including phenoxy) is 1. The minimum Gasteiger partial charge on any atom is -0.481 e. The zero-order valence-electron chi connectivity index (χ0n) is 33.7. The molecule has 4 aromatic rings. The Kier molecular flexibility index (Phi) is 10.7. The number of aliphatic carboxylic acids is 1. The number of rotatable bonds is 7. The first-order chi connectivity index (χ1) is 26.9. The molecule has 1 aliphatic carbocycles. The number of benzene rings is 2. The fourth-order valence-electron chi connectivity index (χ4n) is 8.35. The molecule has 0 bridgehead atoms. The monoisotopic (exact) mass is 798 g/mol. The standard InChI is InChI=1S/C42H51ClN8O6/c1-24-26(27-11-9-13-29(34(27)43)47-38(53)36-45-31-23-51(21-17-33(31)49(36)7)40(56)57-41(2,3)4)10-8-12-28(24)46-37(52)35-44-30-22-50(20-16-32(30)48(35)6)25-14-18-42(5,19-15-25)39(54)55/h8-13,25H,14-23H2,1-7H3,(H,46,52)(H,47,53)(H,54,55). The summed E-state index contributed by atoms with van der Waals surface area (Å²) in [6.07, 6.45) is 3.84. The van der Waals surface area contributed by atoms with Crippen molar-refractivity contribution in [2.75, 3.05) is 23.7 Å². The Labute approximate surface area is 337 Å². The molecule has 1 saturated carbocycles. The zero-order valence-corrected chi connectivity index (χ0v) is 34.4. The second-order valence-electron chi connectivity index (χ2n) is 16.8. The summed E-state index contributed by atoms with van der Waals surface area (Å²) in [6, 6.07) is 11.3. The van der Waals surface area contributed by atoms with Crippen LogP contribution in [0.2, 0.25) is 5.02 Å². The molecule has 3 N–H and O–H groups in total. The average molecular weight is 799 g/mol. The van der Waals surface area contributed by atoms with Crippen molar-refractivity contribution < 1.29 is 29.0 Å². The van der Waals surface area contributed by atoms with Crippen molar-refractivity contribution in [3.05, 3.63) is 81.4 Å². The number of hydrogen-bond acceptors (Lipinski definition) is 8. The van der Waals surface area contributed by atoms with Gasteiger partial charge in [-0.15, -0.1) is 0 Å². The van der Waals surface area contributed by atoms with Crippen LogP contribution in [0.5, 0.6) is 0 Å². The third-order valence-electron chi connectivity index (χ3n) is 11.8. The highest BCUT2D eigenvalue weighted by Crippen LogP contribution is 2.40. The minimum atomic E-state index is -0.722. The normalized spacial score (nSPS) is 19.7. The average Bonchev–Trinajstić information content (AvgIpc) is 3.68. The van der Waals surface area contributed by atoms with Crippen LogP contribution in [0.15, 0.2) is 36.4 Å². The van der Waals surface area contributed by atoms with Gasteiger partial charge in [0.2, 0.25) is 0 Å². The van der Waals surface area contributed by atoms with Gasteiger partial charge in [-0.1, -0.05) is 35.9 Å². The molecule has 0 radical (unpaired) electrons. The van der Waals surface area contributed by atoms with E-state index in [1.165, 1.54) is 0 Å². The van der Waals surface area contributed by atoms with Crippen LogP contribution in [0.25, 0.3) is 11.1 Å². The van der Waals surface area contributed by atoms with Gasteiger partial charge in [0, 0.05) is 75.3 Å². The predicted octanol–water partition coefficient (Wildman–Crippen LogP) is 6.97. The molecule has 3 amide bonds. The number of carbonyl (C=O) groups excluding carboxylic acids is 3. The first kappa shape index (κ1) is 40.0. The summed E-state index contributed by atoms with van der Waals surface area (Å²) >= 11 is 6.99. The highest BCUT2D eigenvalue weighted by atomic mass is 35.5. The summed E-state index contributed by atoms with van der Waals surface area (Å²) < 4.78 is 9.18. The van der Waals surface area contributed by atoms with Gasteiger partial charge in [-0.05, 0) is 83.6 Å². The first-order valence-corrected chi connectivity index (χ1v) is 19.9. The maximum Gasteiger partial charge on any atom is 0.410 e. The zero-order chi connectivity index (χ0) is 41.0. The second kappa shape index (κ2) is 15.3. The van der Waals surface area contributed by atoms with Crippen molar-refractivity contribution >= 4 is 46.9 Å². The van der Waals surface area contributed by atoms with Gasteiger partial charge >= 0.3 is 12.1 Å². The van der Waals surface area contributed by atoms with Crippen LogP contribution in [-0.2, 0) is 49.6 Å². The summed E-state index contributed by atoms with van der Waals surface area (Å²) in [5.74, 6) is -0.958. The van der Waals surface area contributed by atoms with Crippen LogP contribution >= 0.6 is 11.6 Å². The lowest BCUT2D eigenvalue weighted by molar-refractivity contribution is -0.150. The number of nitrogens with zero attached hydrogens (tertiary/aromatic N) is 6. The lowest BCUT2D eigenvalue weighted by Gasteiger charge is -2.41. The Morgan fingerprint density at radius 1 is 0.842 bits per heavy atom. The van der Waals surface area contributed by atoms with E-state index in [0.717, 1.165) is 54.0 Å². The highest BCUT2D eigenvalue weighted by molar-refractivity contribution is 6.36. The van der Waals surface area contributed by atoms with E-state index in [1.54, 1.807) is 22.6 Å². The summed E-state index contributed by atoms with van der Waals surface area (Å²) in [5.41, 5.74) is 5.42. The highest BCUT2D eigenvalue weighted by Gasteiger charge is 2.40. The number of fused-ring (bicyclic) bond motifs is 2. The third-order valence-corrected chi connectivity index (χ3v) is 12.2. The molecule has 1 fully saturated rings. The van der Waals surface area contributed by atoms with Gasteiger partial charge in [-0.3, -0.25) is 19.3 Å². The first-order valence-electron chi connectivity index (χ1n) is 19.5. The van der Waals surface area contributed by atoms with Gasteiger partial charge < -0.3 is 34.5 Å². The number of nitrogens with one attached hydrogen (secondary N) is 2. The third kappa shape index (κ3) is 7.89. The quantitative estimate of drug-likeness (QED) is 0.179. The molecule has 3 aliphatic rings. The number of carboxylic acid groups (broad SMARTS) is 1. The van der Waals surface area contributed by atoms with Crippen LogP contribution in [-0.4, -0.2) is 82.6 Å². The molecule has 14 nitrogen and oxygen atoms in total. The van der Waals surface area contributed by atoms with E-state index in [4.69, 9.17) is 21.3 Å². The summed E-state index contributed by atoms with van der Waals surface area (Å²) in [7, 11) is 3.66. The number of aromatic nitrogens is 4. The van der Waals surface area contributed by atoms with Crippen molar-refractivity contribution in [1.82, 2.24) is 28.9 Å². The van der Waals surface area contributed by atoms with Crippen LogP contribution < -0.4 is 10.6 Å². The number of hydrogen-bond donors (Lipinski definition) is 3. The van der Waals surface area contributed by atoms with Crippen molar-refractivity contribution in [3.63, 3.8) is 0 Å². The van der Waals surface area contributed by atoms with Crippen LogP contribution in [0.3, 0.4) is 0 Å². The molecular formula is C42H51ClN8O6. The molecular weight excluding hydrogens is 748 g/mol. The Balaban J connectivity index is 1.04. The number of amides is 3. The van der Waals surface area contributed by atoms with Crippen molar-refractivity contribution in [1.29, 1.82) is 0 Å². The predicted molar refractivity (Wildman–Crippen MR) is 216 cm³/mol. The number of imidazole rings is 2. The molecule has 0 unspecified atom stereocenters. The van der Waals surface area contributed by atoms with Gasteiger partial charge in [0.25, 0.3) is 11.8 Å². The molecule has 302 valence electrons. The Morgan fingerprint density at radius 2 is 1.39 bits per heavy atom. The topological polar surface area (TPSA) is 164 Å². The fraction of sp³-hybridized carbons (Fsp3) is 0.476. The molecule has 2 aliphatic heterocycles. The van der Waals surface area contributed by atoms with Crippen molar-refractivity contribution in [2.45, 2.75) is 97.9 Å². The van der Waals surface area contributed by atoms with Gasteiger partial charge in [-0.25, -0.2) is 14.8 Å². The number of carbonyl (C=O) groups is 4. The molecule has 7 rings (SSSR count). The Hall–Kier alpha value is -5.21. The van der Waals surface area contributed by atoms with E-state index in [0.29, 0.717) is 71.9 Å². The molecule has 0 spiro atoms. The Bertz CT molecular complexity index is 2260. The maximum atomic E-state index is 13.8. The number of carboxylic acids is 1. The summed E-state index contributed by atoms with van der Waals surface area (Å²) in [4.78, 5) is 65.3. The molecule has 15 heteroatoms. The summed E-state index contributed by atoms with van der Waals surface area (Å²) in [6.45, 7) is 11.4. The van der Waals surface area contributed by atoms with Crippen molar-refractivity contribution in [3.8, 4) is 11.1 Å². The molecule has 57 heavy (non-hydrogen) atoms. The van der Waals surface area contributed by atoms with E-state index in [2.05, 4.69) is 20.5 Å².